The molecule has 5 nitrogen and oxygen atoms in total. The highest BCUT2D eigenvalue weighted by Gasteiger charge is 2.26. The smallest absolute Gasteiger partial charge is 0.157 e. The van der Waals surface area contributed by atoms with Gasteiger partial charge in [-0.2, -0.15) is 9.61 Å². The Hall–Kier alpha value is -2.47. The standard InChI is InChI=1S/C17H17FN4O/c18-12-5-2-1-4-11(12)14-10-17(20-13-6-3-7-15(13)23)22-16(21-14)8-9-19-22/h1-2,4-5,8-10,13,15,20,23H,3,6-7H2/t13-,15+/m0/s1. The number of aliphatic hydroxyl groups excluding tert-OH is 1. The van der Waals surface area contributed by atoms with E-state index >= 15 is 0 Å². The normalized spacial score (nSPS) is 21.0. The lowest BCUT2D eigenvalue weighted by Gasteiger charge is -2.19. The molecule has 0 saturated heterocycles. The predicted octanol–water partition coefficient (Wildman–Crippen LogP) is 2.86. The second-order valence-corrected chi connectivity index (χ2v) is 5.86. The molecule has 4 rings (SSSR count). The maximum absolute atomic E-state index is 14.1. The summed E-state index contributed by atoms with van der Waals surface area (Å²) in [5.74, 6) is 0.403. The number of nitrogens with one attached hydrogen (secondary N) is 1. The first-order valence-electron chi connectivity index (χ1n) is 7.77. The molecular weight excluding hydrogens is 295 g/mol. The predicted molar refractivity (Wildman–Crippen MR) is 85.6 cm³/mol. The minimum atomic E-state index is -0.370. The van der Waals surface area contributed by atoms with E-state index < -0.39 is 0 Å². The summed E-state index contributed by atoms with van der Waals surface area (Å²) in [5, 5.41) is 17.6. The fourth-order valence-electron chi connectivity index (χ4n) is 3.12. The number of aromatic nitrogens is 3. The molecule has 2 heterocycles. The van der Waals surface area contributed by atoms with E-state index in [-0.39, 0.29) is 18.0 Å². The van der Waals surface area contributed by atoms with Gasteiger partial charge in [-0.1, -0.05) is 12.1 Å². The molecule has 118 valence electrons. The first-order valence-corrected chi connectivity index (χ1v) is 7.77. The van der Waals surface area contributed by atoms with Crippen molar-refractivity contribution >= 4 is 11.5 Å². The van der Waals surface area contributed by atoms with Gasteiger partial charge in [-0.05, 0) is 31.4 Å². The lowest BCUT2D eigenvalue weighted by Crippen LogP contribution is -2.29. The number of benzene rings is 1. The third-order valence-corrected chi connectivity index (χ3v) is 4.32. The summed E-state index contributed by atoms with van der Waals surface area (Å²) >= 11 is 0. The largest absolute Gasteiger partial charge is 0.391 e. The van der Waals surface area contributed by atoms with Crippen molar-refractivity contribution in [3.8, 4) is 11.3 Å². The molecule has 0 amide bonds. The summed E-state index contributed by atoms with van der Waals surface area (Å²) in [5.41, 5.74) is 1.64. The number of fused-ring (bicyclic) bond motifs is 1. The summed E-state index contributed by atoms with van der Waals surface area (Å²) < 4.78 is 15.8. The Kier molecular flexibility index (Phi) is 3.46. The van der Waals surface area contributed by atoms with Crippen molar-refractivity contribution in [3.05, 3.63) is 48.4 Å². The summed E-state index contributed by atoms with van der Waals surface area (Å²) in [6.45, 7) is 0. The van der Waals surface area contributed by atoms with Crippen LogP contribution in [0.2, 0.25) is 0 Å². The van der Waals surface area contributed by atoms with E-state index in [4.69, 9.17) is 0 Å². The topological polar surface area (TPSA) is 62.5 Å². The molecule has 0 aliphatic heterocycles. The minimum absolute atomic E-state index is 0.0155. The lowest BCUT2D eigenvalue weighted by molar-refractivity contribution is 0.171. The average molecular weight is 312 g/mol. The molecule has 6 heteroatoms. The van der Waals surface area contributed by atoms with Crippen LogP contribution in [0.3, 0.4) is 0 Å². The Bertz CT molecular complexity index is 847. The van der Waals surface area contributed by atoms with Crippen LogP contribution in [0.1, 0.15) is 19.3 Å². The summed E-state index contributed by atoms with van der Waals surface area (Å²) in [6.07, 6.45) is 3.98. The van der Waals surface area contributed by atoms with Crippen molar-refractivity contribution in [1.82, 2.24) is 14.6 Å². The average Bonchev–Trinajstić information content (AvgIpc) is 3.17. The molecule has 1 aliphatic rings. The second-order valence-electron chi connectivity index (χ2n) is 5.86. The van der Waals surface area contributed by atoms with Crippen LogP contribution in [-0.2, 0) is 0 Å². The molecule has 0 radical (unpaired) electrons. The first-order chi connectivity index (χ1) is 11.2. The van der Waals surface area contributed by atoms with Crippen LogP contribution < -0.4 is 5.32 Å². The molecule has 3 aromatic rings. The molecule has 0 spiro atoms. The van der Waals surface area contributed by atoms with Gasteiger partial charge in [0.15, 0.2) is 5.65 Å². The van der Waals surface area contributed by atoms with Crippen LogP contribution in [0, 0.1) is 5.82 Å². The fourth-order valence-corrected chi connectivity index (χ4v) is 3.12. The van der Waals surface area contributed by atoms with Gasteiger partial charge >= 0.3 is 0 Å². The molecule has 2 N–H and O–H groups in total. The zero-order valence-electron chi connectivity index (χ0n) is 12.5. The number of hydrogen-bond acceptors (Lipinski definition) is 4. The van der Waals surface area contributed by atoms with Crippen LogP contribution in [-0.4, -0.2) is 31.9 Å². The van der Waals surface area contributed by atoms with Crippen LogP contribution in [0.15, 0.2) is 42.6 Å². The Morgan fingerprint density at radius 2 is 2.09 bits per heavy atom. The van der Waals surface area contributed by atoms with E-state index in [1.807, 2.05) is 0 Å². The molecule has 0 unspecified atom stereocenters. The Morgan fingerprint density at radius 1 is 1.22 bits per heavy atom. The Labute approximate surface area is 132 Å². The molecule has 1 saturated carbocycles. The van der Waals surface area contributed by atoms with Crippen molar-refractivity contribution in [3.63, 3.8) is 0 Å². The van der Waals surface area contributed by atoms with Crippen molar-refractivity contribution in [1.29, 1.82) is 0 Å². The molecule has 1 fully saturated rings. The van der Waals surface area contributed by atoms with Gasteiger partial charge in [0.25, 0.3) is 0 Å². The Balaban J connectivity index is 1.80. The fraction of sp³-hybridized carbons (Fsp3) is 0.294. The number of aliphatic hydroxyl groups is 1. The van der Waals surface area contributed by atoms with E-state index in [1.165, 1.54) is 6.07 Å². The Morgan fingerprint density at radius 3 is 2.87 bits per heavy atom. The zero-order valence-corrected chi connectivity index (χ0v) is 12.5. The first kappa shape index (κ1) is 14.1. The van der Waals surface area contributed by atoms with Crippen molar-refractivity contribution in [2.45, 2.75) is 31.4 Å². The number of nitrogens with zero attached hydrogens (tertiary/aromatic N) is 3. The molecule has 0 bridgehead atoms. The molecule has 1 aromatic carbocycles. The van der Waals surface area contributed by atoms with Crippen molar-refractivity contribution in [2.75, 3.05) is 5.32 Å². The van der Waals surface area contributed by atoms with E-state index in [0.717, 1.165) is 19.3 Å². The van der Waals surface area contributed by atoms with E-state index in [0.29, 0.717) is 22.7 Å². The van der Waals surface area contributed by atoms with Gasteiger partial charge in [0.05, 0.1) is 24.0 Å². The highest BCUT2D eigenvalue weighted by molar-refractivity contribution is 5.67. The highest BCUT2D eigenvalue weighted by Crippen LogP contribution is 2.27. The zero-order chi connectivity index (χ0) is 15.8. The maximum atomic E-state index is 14.1. The van der Waals surface area contributed by atoms with Crippen LogP contribution >= 0.6 is 0 Å². The summed E-state index contributed by atoms with van der Waals surface area (Å²) in [6, 6.07) is 10.1. The number of anilines is 1. The highest BCUT2D eigenvalue weighted by atomic mass is 19.1. The summed E-state index contributed by atoms with van der Waals surface area (Å²) in [4.78, 5) is 4.48. The quantitative estimate of drug-likeness (QED) is 0.780. The molecular formula is C17H17FN4O. The molecule has 1 aliphatic carbocycles. The van der Waals surface area contributed by atoms with Crippen LogP contribution in [0.4, 0.5) is 10.2 Å². The molecule has 2 aromatic heterocycles. The number of rotatable bonds is 3. The van der Waals surface area contributed by atoms with Gasteiger partial charge in [-0.25, -0.2) is 9.37 Å². The van der Waals surface area contributed by atoms with Gasteiger partial charge in [0, 0.05) is 17.7 Å². The van der Waals surface area contributed by atoms with Gasteiger partial charge in [-0.3, -0.25) is 0 Å². The van der Waals surface area contributed by atoms with Gasteiger partial charge in [-0.15, -0.1) is 0 Å². The monoisotopic (exact) mass is 312 g/mol. The van der Waals surface area contributed by atoms with E-state index in [1.54, 1.807) is 41.0 Å². The van der Waals surface area contributed by atoms with Crippen LogP contribution in [0.25, 0.3) is 16.9 Å². The lowest BCUT2D eigenvalue weighted by atomic mass is 10.1. The third-order valence-electron chi connectivity index (χ3n) is 4.32. The number of hydrogen-bond donors (Lipinski definition) is 2. The minimum Gasteiger partial charge on any atom is -0.391 e. The van der Waals surface area contributed by atoms with Gasteiger partial charge in [0.2, 0.25) is 0 Å². The third kappa shape index (κ3) is 2.55. The SMILES string of the molecule is O[C@@H]1CCC[C@@H]1Nc1cc(-c2ccccc2F)nc2ccnn12. The summed E-state index contributed by atoms with van der Waals surface area (Å²) in [7, 11) is 0. The van der Waals surface area contributed by atoms with Crippen molar-refractivity contribution < 1.29 is 9.50 Å². The van der Waals surface area contributed by atoms with Gasteiger partial charge < -0.3 is 10.4 Å². The van der Waals surface area contributed by atoms with Crippen LogP contribution in [0.5, 0.6) is 0 Å². The maximum Gasteiger partial charge on any atom is 0.157 e. The second kappa shape index (κ2) is 5.62. The van der Waals surface area contributed by atoms with E-state index in [2.05, 4.69) is 15.4 Å². The van der Waals surface area contributed by atoms with Gasteiger partial charge in [0.1, 0.15) is 11.6 Å². The molecule has 23 heavy (non-hydrogen) atoms. The molecule has 2 atom stereocenters. The van der Waals surface area contributed by atoms with Crippen molar-refractivity contribution in [2.24, 2.45) is 0 Å². The van der Waals surface area contributed by atoms with E-state index in [9.17, 15) is 9.50 Å². The number of halogens is 1.